The normalized spacial score (nSPS) is 12.2. The van der Waals surface area contributed by atoms with E-state index < -0.39 is 14.3 Å². The Morgan fingerprint density at radius 2 is 1.79 bits per heavy atom. The zero-order valence-electron chi connectivity index (χ0n) is 20.2. The van der Waals surface area contributed by atoms with E-state index in [1.54, 1.807) is 0 Å². The van der Waals surface area contributed by atoms with Crippen molar-refractivity contribution in [3.05, 3.63) is 41.7 Å². The molecule has 0 aliphatic heterocycles. The first-order valence-corrected chi connectivity index (χ1v) is 13.9. The first-order chi connectivity index (χ1) is 15.5. The number of anilines is 1. The minimum absolute atomic E-state index is 0.00379. The topological polar surface area (TPSA) is 114 Å². The highest BCUT2D eigenvalue weighted by Gasteiger charge is 2.37. The molecule has 0 saturated heterocycles. The molecule has 0 unspecified atom stereocenters. The van der Waals surface area contributed by atoms with Crippen LogP contribution in [0.2, 0.25) is 18.1 Å². The fourth-order valence-electron chi connectivity index (χ4n) is 2.98. The molecule has 3 aromatic rings. The second-order valence-electron chi connectivity index (χ2n) is 9.40. The van der Waals surface area contributed by atoms with Gasteiger partial charge in [0.15, 0.2) is 19.5 Å². The summed E-state index contributed by atoms with van der Waals surface area (Å²) in [6.07, 6.45) is 0. The van der Waals surface area contributed by atoms with Gasteiger partial charge in [0.25, 0.3) is 0 Å². The minimum Gasteiger partial charge on any atom is -0.471 e. The number of hydrogen-bond acceptors (Lipinski definition) is 8. The molecule has 178 valence electrons. The van der Waals surface area contributed by atoms with Crippen LogP contribution in [-0.4, -0.2) is 40.4 Å². The first kappa shape index (κ1) is 24.7. The summed E-state index contributed by atoms with van der Waals surface area (Å²) in [5.41, 5.74) is 7.97. The predicted molar refractivity (Wildman–Crippen MR) is 129 cm³/mol. The van der Waals surface area contributed by atoms with E-state index in [0.29, 0.717) is 36.7 Å². The Balaban J connectivity index is 1.91. The Kier molecular flexibility index (Phi) is 7.38. The number of rotatable bonds is 9. The number of ether oxygens (including phenoxy) is 2. The minimum atomic E-state index is -1.93. The molecule has 0 spiro atoms. The van der Waals surface area contributed by atoms with E-state index in [0.717, 1.165) is 5.56 Å². The lowest BCUT2D eigenvalue weighted by Crippen LogP contribution is -2.41. The summed E-state index contributed by atoms with van der Waals surface area (Å²) in [5, 5.41) is 0.0929. The Morgan fingerprint density at radius 1 is 1.09 bits per heavy atom. The lowest BCUT2D eigenvalue weighted by Gasteiger charge is -2.36. The summed E-state index contributed by atoms with van der Waals surface area (Å²) in [6.45, 7) is 13.6. The molecule has 3 rings (SSSR count). The van der Waals surface area contributed by atoms with Crippen molar-refractivity contribution in [2.75, 3.05) is 12.3 Å². The zero-order chi connectivity index (χ0) is 24.2. The van der Waals surface area contributed by atoms with Crippen molar-refractivity contribution in [2.24, 2.45) is 0 Å². The summed E-state index contributed by atoms with van der Waals surface area (Å²) >= 11 is 0. The average Bonchev–Trinajstić information content (AvgIpc) is 3.08. The number of nitrogens with two attached hydrogens (primary N) is 1. The van der Waals surface area contributed by atoms with E-state index in [9.17, 15) is 4.79 Å². The van der Waals surface area contributed by atoms with Crippen molar-refractivity contribution in [3.63, 3.8) is 0 Å². The van der Waals surface area contributed by atoms with Gasteiger partial charge in [0.1, 0.15) is 19.0 Å². The van der Waals surface area contributed by atoms with Gasteiger partial charge >= 0.3 is 5.97 Å². The number of carbonyl (C=O) groups is 1. The van der Waals surface area contributed by atoms with E-state index in [1.165, 1.54) is 6.92 Å². The van der Waals surface area contributed by atoms with Gasteiger partial charge in [-0.15, -0.1) is 0 Å². The molecular formula is C23H33N5O4Si. The third-order valence-corrected chi connectivity index (χ3v) is 10.4. The van der Waals surface area contributed by atoms with Crippen LogP contribution in [0, 0.1) is 0 Å². The lowest BCUT2D eigenvalue weighted by molar-refractivity contribution is -0.142. The smallest absolute Gasteiger partial charge is 0.303 e. The van der Waals surface area contributed by atoms with Gasteiger partial charge < -0.3 is 24.2 Å². The Hall–Kier alpha value is -2.98. The van der Waals surface area contributed by atoms with E-state index in [-0.39, 0.29) is 23.5 Å². The first-order valence-electron chi connectivity index (χ1n) is 10.9. The molecule has 0 aliphatic rings. The number of nitrogen functional groups attached to an aromatic ring is 1. The van der Waals surface area contributed by atoms with Gasteiger partial charge in [-0.2, -0.15) is 9.97 Å². The second-order valence-corrected chi connectivity index (χ2v) is 14.2. The maximum absolute atomic E-state index is 11.4. The zero-order valence-corrected chi connectivity index (χ0v) is 21.2. The molecule has 0 atom stereocenters. The van der Waals surface area contributed by atoms with Crippen LogP contribution in [0.15, 0.2) is 30.3 Å². The summed E-state index contributed by atoms with van der Waals surface area (Å²) in [5.74, 6) is 0.506. The van der Waals surface area contributed by atoms with E-state index in [4.69, 9.17) is 19.6 Å². The number of fused-ring (bicyclic) bond motifs is 1. The molecule has 10 heteroatoms. The van der Waals surface area contributed by atoms with Gasteiger partial charge in [0, 0.05) is 13.5 Å². The molecule has 2 N–H and O–H groups in total. The maximum atomic E-state index is 11.4. The molecule has 0 bridgehead atoms. The standard InChI is InChI=1S/C23H33N5O4Si/c1-16(29)30-15-18-25-19-20(28(18)12-13-32-33(5,6)23(2,3)4)26-22(24)27-21(19)31-14-17-10-8-7-9-11-17/h7-11H,12-15H2,1-6H3,(H2,24,26,27). The van der Waals surface area contributed by atoms with Crippen molar-refractivity contribution in [3.8, 4) is 5.88 Å². The average molecular weight is 472 g/mol. The van der Waals surface area contributed by atoms with Crippen LogP contribution in [0.1, 0.15) is 39.1 Å². The number of hydrogen-bond donors (Lipinski definition) is 1. The maximum Gasteiger partial charge on any atom is 0.303 e. The largest absolute Gasteiger partial charge is 0.471 e. The molecule has 9 nitrogen and oxygen atoms in total. The summed E-state index contributed by atoms with van der Waals surface area (Å²) < 4.78 is 19.4. The summed E-state index contributed by atoms with van der Waals surface area (Å²) in [7, 11) is -1.93. The van der Waals surface area contributed by atoms with Crippen LogP contribution in [0.5, 0.6) is 5.88 Å². The number of esters is 1. The Bertz CT molecular complexity index is 1110. The van der Waals surface area contributed by atoms with Crippen LogP contribution < -0.4 is 10.5 Å². The van der Waals surface area contributed by atoms with E-state index >= 15 is 0 Å². The van der Waals surface area contributed by atoms with Crippen LogP contribution in [-0.2, 0) is 33.7 Å². The van der Waals surface area contributed by atoms with Gasteiger partial charge in [-0.3, -0.25) is 4.79 Å². The van der Waals surface area contributed by atoms with Gasteiger partial charge in [-0.05, 0) is 23.7 Å². The van der Waals surface area contributed by atoms with Crippen molar-refractivity contribution >= 4 is 31.4 Å². The summed E-state index contributed by atoms with van der Waals surface area (Å²) in [6, 6.07) is 9.75. The monoisotopic (exact) mass is 471 g/mol. The number of benzene rings is 1. The van der Waals surface area contributed by atoms with Gasteiger partial charge in [0.2, 0.25) is 11.8 Å². The quantitative estimate of drug-likeness (QED) is 0.367. The molecule has 0 radical (unpaired) electrons. The molecule has 2 heterocycles. The van der Waals surface area contributed by atoms with Crippen LogP contribution >= 0.6 is 0 Å². The molecule has 0 fully saturated rings. The van der Waals surface area contributed by atoms with Crippen molar-refractivity contribution in [2.45, 2.75) is 65.6 Å². The fourth-order valence-corrected chi connectivity index (χ4v) is 4.02. The lowest BCUT2D eigenvalue weighted by atomic mass is 10.2. The Labute approximate surface area is 195 Å². The highest BCUT2D eigenvalue weighted by molar-refractivity contribution is 6.74. The van der Waals surface area contributed by atoms with Crippen molar-refractivity contribution in [1.82, 2.24) is 19.5 Å². The molecule has 0 amide bonds. The van der Waals surface area contributed by atoms with Crippen molar-refractivity contribution < 1.29 is 18.7 Å². The highest BCUT2D eigenvalue weighted by Crippen LogP contribution is 2.36. The van der Waals surface area contributed by atoms with Crippen molar-refractivity contribution in [1.29, 1.82) is 0 Å². The molecule has 2 aromatic heterocycles. The molecule has 0 saturated carbocycles. The Morgan fingerprint density at radius 3 is 2.42 bits per heavy atom. The van der Waals surface area contributed by atoms with E-state index in [1.807, 2.05) is 34.9 Å². The third kappa shape index (κ3) is 6.08. The predicted octanol–water partition coefficient (Wildman–Crippen LogP) is 4.07. The number of imidazole rings is 1. The third-order valence-electron chi connectivity index (χ3n) is 5.87. The van der Waals surface area contributed by atoms with Gasteiger partial charge in [-0.25, -0.2) is 4.98 Å². The number of carbonyl (C=O) groups excluding carboxylic acids is 1. The number of nitrogens with zero attached hydrogens (tertiary/aromatic N) is 4. The van der Waals surface area contributed by atoms with E-state index in [2.05, 4.69) is 48.8 Å². The van der Waals surface area contributed by atoms with Crippen LogP contribution in [0.3, 0.4) is 0 Å². The molecule has 1 aromatic carbocycles. The summed E-state index contributed by atoms with van der Waals surface area (Å²) in [4.78, 5) is 24.7. The number of aromatic nitrogens is 4. The fraction of sp³-hybridized carbons (Fsp3) is 0.478. The van der Waals surface area contributed by atoms with Gasteiger partial charge in [0.05, 0.1) is 6.61 Å². The molecule has 0 aliphatic carbocycles. The van der Waals surface area contributed by atoms with Crippen LogP contribution in [0.4, 0.5) is 5.95 Å². The molecular weight excluding hydrogens is 438 g/mol. The second kappa shape index (κ2) is 9.88. The van der Waals surface area contributed by atoms with Crippen LogP contribution in [0.25, 0.3) is 11.2 Å². The molecule has 33 heavy (non-hydrogen) atoms. The van der Waals surface area contributed by atoms with Gasteiger partial charge in [-0.1, -0.05) is 51.1 Å². The highest BCUT2D eigenvalue weighted by atomic mass is 28.4. The SMILES string of the molecule is CC(=O)OCc1nc2c(OCc3ccccc3)nc(N)nc2n1CCO[Si](C)(C)C(C)(C)C.